The van der Waals surface area contributed by atoms with Gasteiger partial charge in [0.1, 0.15) is 0 Å². The van der Waals surface area contributed by atoms with Crippen LogP contribution in [0.3, 0.4) is 0 Å². The maximum atomic E-state index is 11.8. The molecule has 94 valence electrons. The highest BCUT2D eigenvalue weighted by Crippen LogP contribution is 2.13. The molecule has 0 fully saturated rings. The van der Waals surface area contributed by atoms with E-state index in [0.717, 1.165) is 10.0 Å². The van der Waals surface area contributed by atoms with Gasteiger partial charge in [-0.2, -0.15) is 13.2 Å². The van der Waals surface area contributed by atoms with Gasteiger partial charge in [-0.05, 0) is 17.7 Å². The number of hydrogen-bond acceptors (Lipinski definition) is 2. The van der Waals surface area contributed by atoms with E-state index in [1.807, 2.05) is 6.07 Å². The Morgan fingerprint density at radius 3 is 2.65 bits per heavy atom. The Kier molecular flexibility index (Phi) is 5.14. The van der Waals surface area contributed by atoms with Gasteiger partial charge in [0.25, 0.3) is 0 Å². The summed E-state index contributed by atoms with van der Waals surface area (Å²) in [4.78, 5) is 11.4. The highest BCUT2D eigenvalue weighted by molar-refractivity contribution is 9.10. The molecule has 0 bridgehead atoms. The number of rotatable bonds is 5. The largest absolute Gasteiger partial charge is 0.401 e. The molecule has 1 N–H and O–H groups in total. The van der Waals surface area contributed by atoms with Crippen LogP contribution in [0.1, 0.15) is 5.56 Å². The number of alkyl halides is 3. The Morgan fingerprint density at radius 1 is 1.35 bits per heavy atom. The summed E-state index contributed by atoms with van der Waals surface area (Å²) >= 11 is 3.26. The van der Waals surface area contributed by atoms with Gasteiger partial charge in [-0.1, -0.05) is 28.1 Å². The van der Waals surface area contributed by atoms with Crippen molar-refractivity contribution in [3.8, 4) is 0 Å². The van der Waals surface area contributed by atoms with E-state index >= 15 is 0 Å². The van der Waals surface area contributed by atoms with Crippen LogP contribution < -0.4 is 5.32 Å². The van der Waals surface area contributed by atoms with Crippen molar-refractivity contribution in [1.82, 2.24) is 5.32 Å². The van der Waals surface area contributed by atoms with Crippen LogP contribution in [0.2, 0.25) is 0 Å². The van der Waals surface area contributed by atoms with Crippen molar-refractivity contribution >= 4 is 21.7 Å². The molecular weight excluding hydrogens is 299 g/mol. The first-order valence-corrected chi connectivity index (χ1v) is 5.70. The zero-order valence-corrected chi connectivity index (χ0v) is 10.4. The molecule has 1 rings (SSSR count). The number of ketones is 1. The van der Waals surface area contributed by atoms with E-state index < -0.39 is 12.7 Å². The summed E-state index contributed by atoms with van der Waals surface area (Å²) in [7, 11) is 0. The topological polar surface area (TPSA) is 29.1 Å². The van der Waals surface area contributed by atoms with Crippen molar-refractivity contribution in [3.63, 3.8) is 0 Å². The maximum Gasteiger partial charge on any atom is 0.401 e. The third kappa shape index (κ3) is 6.43. The molecular formula is C11H11BrF3NO. The molecule has 0 aliphatic carbocycles. The summed E-state index contributed by atoms with van der Waals surface area (Å²) in [5.41, 5.74) is 0.776. The molecule has 1 aromatic rings. The fraction of sp³-hybridized carbons (Fsp3) is 0.364. The first-order valence-electron chi connectivity index (χ1n) is 4.90. The smallest absolute Gasteiger partial charge is 0.302 e. The molecule has 0 aromatic heterocycles. The number of Topliss-reactive ketones (excluding diaryl/α,β-unsaturated/α-hetero) is 1. The fourth-order valence-electron chi connectivity index (χ4n) is 1.28. The highest BCUT2D eigenvalue weighted by Gasteiger charge is 2.26. The molecule has 0 aliphatic heterocycles. The second kappa shape index (κ2) is 6.16. The predicted octanol–water partition coefficient (Wildman–Crippen LogP) is 2.71. The van der Waals surface area contributed by atoms with Crippen LogP contribution in [0, 0.1) is 0 Å². The lowest BCUT2D eigenvalue weighted by Crippen LogP contribution is -2.33. The number of carbonyl (C=O) groups is 1. The van der Waals surface area contributed by atoms with Crippen molar-refractivity contribution in [2.24, 2.45) is 0 Å². The molecule has 6 heteroatoms. The number of carbonyl (C=O) groups excluding carboxylic acids is 1. The van der Waals surface area contributed by atoms with Crippen molar-refractivity contribution in [3.05, 3.63) is 34.3 Å². The van der Waals surface area contributed by atoms with Crippen LogP contribution in [-0.4, -0.2) is 25.0 Å². The second-order valence-corrected chi connectivity index (χ2v) is 4.48. The summed E-state index contributed by atoms with van der Waals surface area (Å²) in [6.07, 6.45) is -4.15. The van der Waals surface area contributed by atoms with E-state index in [1.165, 1.54) is 0 Å². The van der Waals surface area contributed by atoms with Gasteiger partial charge in [-0.15, -0.1) is 0 Å². The average Bonchev–Trinajstić information content (AvgIpc) is 2.15. The Labute approximate surface area is 105 Å². The van der Waals surface area contributed by atoms with E-state index in [0.29, 0.717) is 0 Å². The van der Waals surface area contributed by atoms with Gasteiger partial charge in [0.15, 0.2) is 5.78 Å². The van der Waals surface area contributed by atoms with E-state index in [1.54, 1.807) is 18.2 Å². The van der Waals surface area contributed by atoms with Crippen molar-refractivity contribution < 1.29 is 18.0 Å². The standard InChI is InChI=1S/C11H11BrF3NO/c12-9-3-1-2-8(4-9)5-10(17)6-16-7-11(13,14)15/h1-4,16H,5-7H2. The van der Waals surface area contributed by atoms with Gasteiger partial charge >= 0.3 is 6.18 Å². The minimum absolute atomic E-state index is 0.129. The summed E-state index contributed by atoms with van der Waals surface area (Å²) in [5, 5.41) is 2.07. The number of nitrogens with one attached hydrogen (secondary N) is 1. The normalized spacial score (nSPS) is 11.5. The highest BCUT2D eigenvalue weighted by atomic mass is 79.9. The maximum absolute atomic E-state index is 11.8. The summed E-state index contributed by atoms with van der Waals surface area (Å²) in [5.74, 6) is -0.271. The Balaban J connectivity index is 2.35. The van der Waals surface area contributed by atoms with E-state index in [4.69, 9.17) is 0 Å². The number of benzene rings is 1. The minimum atomic E-state index is -4.28. The Bertz CT molecular complexity index is 393. The molecule has 0 amide bonds. The molecule has 2 nitrogen and oxygen atoms in total. The fourth-order valence-corrected chi connectivity index (χ4v) is 1.73. The lowest BCUT2D eigenvalue weighted by atomic mass is 10.1. The van der Waals surface area contributed by atoms with E-state index in [-0.39, 0.29) is 18.7 Å². The minimum Gasteiger partial charge on any atom is -0.302 e. The van der Waals surface area contributed by atoms with Gasteiger partial charge in [0.2, 0.25) is 0 Å². The molecule has 0 radical (unpaired) electrons. The van der Waals surface area contributed by atoms with Crippen molar-refractivity contribution in [2.45, 2.75) is 12.6 Å². The molecule has 0 heterocycles. The third-order valence-corrected chi connectivity index (χ3v) is 2.43. The molecule has 0 aliphatic rings. The average molecular weight is 310 g/mol. The lowest BCUT2D eigenvalue weighted by molar-refractivity contribution is -0.127. The van der Waals surface area contributed by atoms with Gasteiger partial charge in [-0.3, -0.25) is 4.79 Å². The van der Waals surface area contributed by atoms with Crippen LogP contribution >= 0.6 is 15.9 Å². The lowest BCUT2D eigenvalue weighted by Gasteiger charge is -2.07. The zero-order valence-electron chi connectivity index (χ0n) is 8.85. The third-order valence-electron chi connectivity index (χ3n) is 1.94. The number of halogens is 4. The van der Waals surface area contributed by atoms with E-state index in [2.05, 4.69) is 21.2 Å². The van der Waals surface area contributed by atoms with Crippen molar-refractivity contribution in [2.75, 3.05) is 13.1 Å². The van der Waals surface area contributed by atoms with Gasteiger partial charge in [-0.25, -0.2) is 0 Å². The molecule has 0 atom stereocenters. The molecule has 0 saturated heterocycles. The number of hydrogen-bond donors (Lipinski definition) is 1. The van der Waals surface area contributed by atoms with Crippen LogP contribution in [0.25, 0.3) is 0 Å². The molecule has 0 spiro atoms. The van der Waals surface area contributed by atoms with E-state index in [9.17, 15) is 18.0 Å². The Morgan fingerprint density at radius 2 is 2.06 bits per heavy atom. The predicted molar refractivity (Wildman–Crippen MR) is 61.8 cm³/mol. The van der Waals surface area contributed by atoms with Crippen LogP contribution in [0.5, 0.6) is 0 Å². The first kappa shape index (κ1) is 14.2. The summed E-state index contributed by atoms with van der Waals surface area (Å²) < 4.78 is 36.3. The van der Waals surface area contributed by atoms with Crippen LogP contribution in [0.15, 0.2) is 28.7 Å². The second-order valence-electron chi connectivity index (χ2n) is 3.56. The SMILES string of the molecule is O=C(CNCC(F)(F)F)Cc1cccc(Br)c1. The zero-order chi connectivity index (χ0) is 12.9. The van der Waals surface area contributed by atoms with Crippen molar-refractivity contribution in [1.29, 1.82) is 0 Å². The van der Waals surface area contributed by atoms with Gasteiger partial charge in [0, 0.05) is 10.9 Å². The first-order chi connectivity index (χ1) is 7.87. The van der Waals surface area contributed by atoms with Gasteiger partial charge in [0.05, 0.1) is 13.1 Å². The molecule has 17 heavy (non-hydrogen) atoms. The Hall–Kier alpha value is -0.880. The van der Waals surface area contributed by atoms with Crippen LogP contribution in [-0.2, 0) is 11.2 Å². The molecule has 1 aromatic carbocycles. The quantitative estimate of drug-likeness (QED) is 0.906. The summed E-state index contributed by atoms with van der Waals surface area (Å²) in [6.45, 7) is -1.41. The van der Waals surface area contributed by atoms with Crippen LogP contribution in [0.4, 0.5) is 13.2 Å². The van der Waals surface area contributed by atoms with Gasteiger partial charge < -0.3 is 5.32 Å². The molecule has 0 unspecified atom stereocenters. The molecule has 0 saturated carbocycles. The monoisotopic (exact) mass is 309 g/mol. The summed E-state index contributed by atoms with van der Waals surface area (Å²) in [6, 6.07) is 7.11.